The van der Waals surface area contributed by atoms with Gasteiger partial charge in [0.1, 0.15) is 11.6 Å². The molecule has 28 heavy (non-hydrogen) atoms. The van der Waals surface area contributed by atoms with Crippen LogP contribution in [0.25, 0.3) is 39.4 Å². The van der Waals surface area contributed by atoms with Crippen LogP contribution in [0.5, 0.6) is 5.75 Å². The Morgan fingerprint density at radius 2 is 1.57 bits per heavy atom. The van der Waals surface area contributed by atoms with Crippen molar-refractivity contribution in [3.63, 3.8) is 0 Å². The minimum absolute atomic E-state index is 0.587. The number of methoxy groups -OCH3 is 1. The summed E-state index contributed by atoms with van der Waals surface area (Å²) in [5.74, 6) is 1.52. The average Bonchev–Trinajstić information content (AvgIpc) is 3.10. The number of para-hydroxylation sites is 2. The number of benzene rings is 3. The van der Waals surface area contributed by atoms with Crippen molar-refractivity contribution in [1.82, 2.24) is 19.5 Å². The van der Waals surface area contributed by atoms with E-state index in [9.17, 15) is 0 Å². The molecule has 5 rings (SSSR count). The quantitative estimate of drug-likeness (QED) is 0.422. The summed E-state index contributed by atoms with van der Waals surface area (Å²) in [6, 6.07) is 23.2. The van der Waals surface area contributed by atoms with Crippen LogP contribution in [0.4, 0.5) is 0 Å². The normalized spacial score (nSPS) is 11.2. The maximum absolute atomic E-state index is 6.23. The zero-order valence-electron chi connectivity index (χ0n) is 15.0. The zero-order valence-corrected chi connectivity index (χ0v) is 15.8. The summed E-state index contributed by atoms with van der Waals surface area (Å²) in [4.78, 5) is 14.3. The Morgan fingerprint density at radius 1 is 0.821 bits per heavy atom. The van der Waals surface area contributed by atoms with E-state index < -0.39 is 0 Å². The lowest BCUT2D eigenvalue weighted by Crippen LogP contribution is -1.99. The van der Waals surface area contributed by atoms with Gasteiger partial charge in [0.2, 0.25) is 0 Å². The second kappa shape index (κ2) is 6.62. The third-order valence-electron chi connectivity index (χ3n) is 4.58. The molecular weight excluding hydrogens is 372 g/mol. The molecule has 0 aliphatic heterocycles. The Bertz CT molecular complexity index is 1310. The van der Waals surface area contributed by atoms with Crippen molar-refractivity contribution < 1.29 is 4.74 Å². The van der Waals surface area contributed by atoms with Gasteiger partial charge in [-0.1, -0.05) is 35.9 Å². The van der Waals surface area contributed by atoms with Gasteiger partial charge in [-0.05, 0) is 48.5 Å². The van der Waals surface area contributed by atoms with Crippen LogP contribution in [0, 0.1) is 0 Å². The number of nitrogens with zero attached hydrogens (tertiary/aromatic N) is 4. The van der Waals surface area contributed by atoms with Gasteiger partial charge >= 0.3 is 0 Å². The van der Waals surface area contributed by atoms with Gasteiger partial charge in [0, 0.05) is 16.3 Å². The van der Waals surface area contributed by atoms with Crippen molar-refractivity contribution in [2.24, 2.45) is 0 Å². The third kappa shape index (κ3) is 2.77. The number of ether oxygens (including phenoxy) is 1. The highest BCUT2D eigenvalue weighted by Gasteiger charge is 2.17. The molecule has 0 aliphatic carbocycles. The second-order valence-corrected chi connectivity index (χ2v) is 6.78. The molecule has 0 aliphatic rings. The first kappa shape index (κ1) is 16.7. The summed E-state index contributed by atoms with van der Waals surface area (Å²) < 4.78 is 7.29. The molecule has 0 bridgehead atoms. The molecule has 0 amide bonds. The van der Waals surface area contributed by atoms with Crippen LogP contribution in [0.1, 0.15) is 0 Å². The summed E-state index contributed by atoms with van der Waals surface area (Å²) >= 11 is 6.23. The largest absolute Gasteiger partial charge is 0.497 e. The second-order valence-electron chi connectivity index (χ2n) is 6.34. The Kier molecular flexibility index (Phi) is 3.95. The number of imidazole rings is 1. The predicted molar refractivity (Wildman–Crippen MR) is 111 cm³/mol. The van der Waals surface area contributed by atoms with E-state index in [1.54, 1.807) is 7.11 Å². The molecule has 0 fully saturated rings. The molecule has 0 unspecified atom stereocenters. The maximum atomic E-state index is 6.23. The van der Waals surface area contributed by atoms with Crippen LogP contribution < -0.4 is 4.74 Å². The number of aromatic nitrogens is 4. The van der Waals surface area contributed by atoms with Gasteiger partial charge in [0.25, 0.3) is 0 Å². The topological polar surface area (TPSA) is 52.8 Å². The molecule has 6 heteroatoms. The van der Waals surface area contributed by atoms with E-state index in [1.165, 1.54) is 0 Å². The maximum Gasteiger partial charge on any atom is 0.199 e. The van der Waals surface area contributed by atoms with Crippen LogP contribution in [0.15, 0.2) is 72.8 Å². The Labute approximate surface area is 166 Å². The minimum Gasteiger partial charge on any atom is -0.497 e. The molecule has 0 saturated carbocycles. The molecule has 0 radical (unpaired) electrons. The van der Waals surface area contributed by atoms with E-state index in [1.807, 2.05) is 77.4 Å². The molecule has 2 heterocycles. The van der Waals surface area contributed by atoms with Crippen molar-refractivity contribution in [1.29, 1.82) is 0 Å². The number of hydrogen-bond donors (Lipinski definition) is 0. The lowest BCUT2D eigenvalue weighted by Gasteiger charge is -2.10. The molecule has 0 spiro atoms. The van der Waals surface area contributed by atoms with E-state index in [4.69, 9.17) is 31.3 Å². The fourth-order valence-electron chi connectivity index (χ4n) is 3.25. The van der Waals surface area contributed by atoms with Gasteiger partial charge in [0.05, 0.1) is 18.1 Å². The molecular formula is C22H15ClN4O. The third-order valence-corrected chi connectivity index (χ3v) is 4.82. The summed E-state index contributed by atoms with van der Waals surface area (Å²) in [7, 11) is 1.65. The average molecular weight is 387 g/mol. The highest BCUT2D eigenvalue weighted by Crippen LogP contribution is 2.30. The van der Waals surface area contributed by atoms with Crippen LogP contribution in [-0.2, 0) is 0 Å². The highest BCUT2D eigenvalue weighted by atomic mass is 35.5. The van der Waals surface area contributed by atoms with Gasteiger partial charge in [-0.2, -0.15) is 0 Å². The standard InChI is InChI=1S/C22H15ClN4O/c1-28-17-11-9-16(10-12-17)27-21(14-5-4-6-15(23)13-14)26-20-22(27)25-19-8-3-2-7-18(19)24-20/h2-13H,1H3. The van der Waals surface area contributed by atoms with Crippen LogP contribution in [0.3, 0.4) is 0 Å². The van der Waals surface area contributed by atoms with E-state index in [-0.39, 0.29) is 0 Å². The molecule has 136 valence electrons. The smallest absolute Gasteiger partial charge is 0.199 e. The van der Waals surface area contributed by atoms with Crippen LogP contribution >= 0.6 is 11.6 Å². The highest BCUT2D eigenvalue weighted by molar-refractivity contribution is 6.30. The molecule has 5 nitrogen and oxygen atoms in total. The van der Waals surface area contributed by atoms with Crippen molar-refractivity contribution in [3.05, 3.63) is 77.8 Å². The molecule has 2 aromatic heterocycles. The summed E-state index contributed by atoms with van der Waals surface area (Å²) in [6.45, 7) is 0. The molecule has 3 aromatic carbocycles. The molecule has 0 saturated heterocycles. The molecule has 0 N–H and O–H groups in total. The van der Waals surface area contributed by atoms with Crippen LogP contribution in [-0.4, -0.2) is 26.6 Å². The van der Waals surface area contributed by atoms with E-state index in [0.717, 1.165) is 33.9 Å². The van der Waals surface area contributed by atoms with E-state index in [0.29, 0.717) is 16.3 Å². The fourth-order valence-corrected chi connectivity index (χ4v) is 3.44. The monoisotopic (exact) mass is 386 g/mol. The lowest BCUT2D eigenvalue weighted by molar-refractivity contribution is 0.415. The SMILES string of the molecule is COc1ccc(-n2c(-c3cccc(Cl)c3)nc3nc4ccccc4nc32)cc1. The van der Waals surface area contributed by atoms with E-state index in [2.05, 4.69) is 0 Å². The number of hydrogen-bond acceptors (Lipinski definition) is 4. The fraction of sp³-hybridized carbons (Fsp3) is 0.0455. The van der Waals surface area contributed by atoms with Gasteiger partial charge in [-0.15, -0.1) is 0 Å². The molecule has 0 atom stereocenters. The van der Waals surface area contributed by atoms with Gasteiger partial charge < -0.3 is 4.74 Å². The Balaban J connectivity index is 1.84. The summed E-state index contributed by atoms with van der Waals surface area (Å²) in [5.41, 5.74) is 4.73. The van der Waals surface area contributed by atoms with Crippen molar-refractivity contribution >= 4 is 33.9 Å². The molecule has 5 aromatic rings. The predicted octanol–water partition coefficient (Wildman–Crippen LogP) is 5.30. The number of fused-ring (bicyclic) bond motifs is 2. The number of rotatable bonds is 3. The summed E-state index contributed by atoms with van der Waals surface area (Å²) in [5, 5.41) is 0.650. The summed E-state index contributed by atoms with van der Waals surface area (Å²) in [6.07, 6.45) is 0. The van der Waals surface area contributed by atoms with Crippen molar-refractivity contribution in [2.45, 2.75) is 0 Å². The van der Waals surface area contributed by atoms with Gasteiger partial charge in [0.15, 0.2) is 11.3 Å². The van der Waals surface area contributed by atoms with Crippen molar-refractivity contribution in [2.75, 3.05) is 7.11 Å². The van der Waals surface area contributed by atoms with E-state index >= 15 is 0 Å². The van der Waals surface area contributed by atoms with Gasteiger partial charge in [-0.3, -0.25) is 4.57 Å². The Hall–Kier alpha value is -3.44. The van der Waals surface area contributed by atoms with Gasteiger partial charge in [-0.25, -0.2) is 15.0 Å². The zero-order chi connectivity index (χ0) is 19.1. The van der Waals surface area contributed by atoms with Crippen molar-refractivity contribution in [3.8, 4) is 22.8 Å². The Morgan fingerprint density at radius 3 is 2.29 bits per heavy atom. The minimum atomic E-state index is 0.587. The van der Waals surface area contributed by atoms with Crippen LogP contribution in [0.2, 0.25) is 5.02 Å². The first-order valence-corrected chi connectivity index (χ1v) is 9.16. The number of halogens is 1. The first-order valence-electron chi connectivity index (χ1n) is 8.78. The first-order chi connectivity index (χ1) is 13.7. The lowest BCUT2D eigenvalue weighted by atomic mass is 10.2.